The molecule has 4 nitrogen and oxygen atoms in total. The first-order valence-electron chi connectivity index (χ1n) is 19.4. The first-order chi connectivity index (χ1) is 28.2. The molecule has 0 aliphatic heterocycles. The van der Waals surface area contributed by atoms with Crippen LogP contribution in [0.1, 0.15) is 18.2 Å². The SMILES string of the molecule is C=Cc1c(/C=C\C)c2cc(-c3ccc4c5ccccc5n(-c5cccc(-c6cnc7c8ccccc8c8ccccc8c7n6)c5)c4c3)ccc2n1-c1ccccc1. The Bertz CT molecular complexity index is 3400. The molecule has 8 aromatic carbocycles. The normalized spacial score (nSPS) is 11.9. The van der Waals surface area contributed by atoms with Gasteiger partial charge in [0.25, 0.3) is 0 Å². The van der Waals surface area contributed by atoms with Gasteiger partial charge in [0.05, 0.1) is 45.2 Å². The molecule has 268 valence electrons. The quantitative estimate of drug-likeness (QED) is 0.160. The Kier molecular flexibility index (Phi) is 7.51. The molecule has 11 rings (SSSR count). The van der Waals surface area contributed by atoms with Crippen molar-refractivity contribution in [1.29, 1.82) is 0 Å². The maximum absolute atomic E-state index is 5.32. The lowest BCUT2D eigenvalue weighted by Gasteiger charge is -2.12. The molecule has 0 N–H and O–H groups in total. The Morgan fingerprint density at radius 3 is 1.88 bits per heavy atom. The smallest absolute Gasteiger partial charge is 0.0979 e. The average molecular weight is 729 g/mol. The molecule has 0 aliphatic carbocycles. The monoisotopic (exact) mass is 728 g/mol. The summed E-state index contributed by atoms with van der Waals surface area (Å²) in [4.78, 5) is 10.4. The number of fused-ring (bicyclic) bond motifs is 10. The number of para-hydroxylation sites is 2. The van der Waals surface area contributed by atoms with Crippen LogP contribution in [0.3, 0.4) is 0 Å². The van der Waals surface area contributed by atoms with E-state index in [9.17, 15) is 0 Å². The van der Waals surface area contributed by atoms with Crippen molar-refractivity contribution in [2.24, 2.45) is 0 Å². The number of hydrogen-bond donors (Lipinski definition) is 0. The molecule has 4 heteroatoms. The van der Waals surface area contributed by atoms with Crippen LogP contribution >= 0.6 is 0 Å². The molecular formula is C53H36N4. The second-order valence-electron chi connectivity index (χ2n) is 14.6. The minimum Gasteiger partial charge on any atom is -0.309 e. The van der Waals surface area contributed by atoms with E-state index in [-0.39, 0.29) is 0 Å². The average Bonchev–Trinajstić information content (AvgIpc) is 3.78. The van der Waals surface area contributed by atoms with E-state index in [4.69, 9.17) is 9.97 Å². The Balaban J connectivity index is 1.08. The molecule has 3 heterocycles. The number of rotatable bonds is 6. The molecule has 57 heavy (non-hydrogen) atoms. The van der Waals surface area contributed by atoms with Gasteiger partial charge in [0.15, 0.2) is 0 Å². The first-order valence-corrected chi connectivity index (χ1v) is 19.4. The highest BCUT2D eigenvalue weighted by Crippen LogP contribution is 2.39. The molecule has 0 saturated carbocycles. The van der Waals surface area contributed by atoms with Gasteiger partial charge in [-0.1, -0.05) is 134 Å². The van der Waals surface area contributed by atoms with Gasteiger partial charge in [0.1, 0.15) is 0 Å². The zero-order chi connectivity index (χ0) is 38.0. The predicted molar refractivity (Wildman–Crippen MR) is 241 cm³/mol. The van der Waals surface area contributed by atoms with Crippen molar-refractivity contribution in [3.63, 3.8) is 0 Å². The topological polar surface area (TPSA) is 35.6 Å². The van der Waals surface area contributed by atoms with Crippen LogP contribution in [0.25, 0.3) is 111 Å². The maximum atomic E-state index is 5.32. The number of allylic oxidation sites excluding steroid dienone is 1. The highest BCUT2D eigenvalue weighted by molar-refractivity contribution is 6.23. The zero-order valence-corrected chi connectivity index (χ0v) is 31.4. The van der Waals surface area contributed by atoms with Crippen LogP contribution in [-0.4, -0.2) is 19.1 Å². The van der Waals surface area contributed by atoms with Crippen LogP contribution in [0, 0.1) is 0 Å². The number of hydrogen-bond acceptors (Lipinski definition) is 2. The third-order valence-electron chi connectivity index (χ3n) is 11.4. The fraction of sp³-hybridized carbons (Fsp3) is 0.0189. The van der Waals surface area contributed by atoms with E-state index in [0.717, 1.165) is 83.4 Å². The number of nitrogens with zero attached hydrogens (tertiary/aromatic N) is 4. The lowest BCUT2D eigenvalue weighted by atomic mass is 9.99. The van der Waals surface area contributed by atoms with E-state index >= 15 is 0 Å². The molecule has 0 spiro atoms. The standard InChI is InChI=1S/C53H36N4/c1-3-15-41-46-31-34(27-29-50(46)56(48(41)4-2)37-17-6-5-7-18-37)35-26-28-43-42-22-12-13-25-49(42)57(51(43)32-35)38-19-14-16-36(30-38)47-33-54-52-44-23-10-8-20-39(44)40-21-9-11-24-45(40)53(52)55-47/h3-33H,2H2,1H3/b15-3-. The maximum Gasteiger partial charge on any atom is 0.0979 e. The van der Waals surface area contributed by atoms with Crippen molar-refractivity contribution in [2.45, 2.75) is 6.92 Å². The van der Waals surface area contributed by atoms with E-state index in [1.165, 1.54) is 26.9 Å². The summed E-state index contributed by atoms with van der Waals surface area (Å²) in [6.45, 7) is 6.30. The molecule has 0 aliphatic rings. The molecular weight excluding hydrogens is 693 g/mol. The lowest BCUT2D eigenvalue weighted by Crippen LogP contribution is -1.96. The van der Waals surface area contributed by atoms with Gasteiger partial charge in [0, 0.05) is 49.4 Å². The van der Waals surface area contributed by atoms with Gasteiger partial charge in [-0.25, -0.2) is 4.98 Å². The van der Waals surface area contributed by atoms with Crippen molar-refractivity contribution in [3.05, 3.63) is 194 Å². The Morgan fingerprint density at radius 1 is 0.474 bits per heavy atom. The molecule has 0 atom stereocenters. The summed E-state index contributed by atoms with van der Waals surface area (Å²) >= 11 is 0. The van der Waals surface area contributed by atoms with Gasteiger partial charge in [-0.05, 0) is 83.4 Å². The van der Waals surface area contributed by atoms with E-state index in [2.05, 4.69) is 199 Å². The van der Waals surface area contributed by atoms with Crippen LogP contribution in [0.2, 0.25) is 0 Å². The molecule has 0 fully saturated rings. The zero-order valence-electron chi connectivity index (χ0n) is 31.4. The van der Waals surface area contributed by atoms with Crippen molar-refractivity contribution in [2.75, 3.05) is 0 Å². The summed E-state index contributed by atoms with van der Waals surface area (Å²) in [5.74, 6) is 0. The molecule has 0 unspecified atom stereocenters. The summed E-state index contributed by atoms with van der Waals surface area (Å²) in [7, 11) is 0. The Hall–Kier alpha value is -7.56. The molecule has 0 radical (unpaired) electrons. The minimum absolute atomic E-state index is 0.845. The fourth-order valence-corrected chi connectivity index (χ4v) is 8.91. The van der Waals surface area contributed by atoms with Crippen LogP contribution in [0.15, 0.2) is 183 Å². The highest BCUT2D eigenvalue weighted by Gasteiger charge is 2.18. The Labute approximate surface area is 329 Å². The van der Waals surface area contributed by atoms with Gasteiger partial charge in [-0.2, -0.15) is 0 Å². The first kappa shape index (κ1) is 32.8. The van der Waals surface area contributed by atoms with Gasteiger partial charge in [-0.15, -0.1) is 0 Å². The van der Waals surface area contributed by atoms with Crippen molar-refractivity contribution < 1.29 is 0 Å². The van der Waals surface area contributed by atoms with Crippen molar-refractivity contribution >= 4 is 77.4 Å². The summed E-state index contributed by atoms with van der Waals surface area (Å²) in [5.41, 5.74) is 13.9. The minimum atomic E-state index is 0.845. The van der Waals surface area contributed by atoms with Gasteiger partial charge in [-0.3, -0.25) is 4.98 Å². The van der Waals surface area contributed by atoms with Crippen LogP contribution in [0.5, 0.6) is 0 Å². The van der Waals surface area contributed by atoms with Crippen molar-refractivity contribution in [1.82, 2.24) is 19.1 Å². The Morgan fingerprint density at radius 2 is 1.11 bits per heavy atom. The molecule has 3 aromatic heterocycles. The van der Waals surface area contributed by atoms with E-state index in [1.807, 2.05) is 12.3 Å². The number of benzene rings is 8. The van der Waals surface area contributed by atoms with Gasteiger partial charge in [0.2, 0.25) is 0 Å². The largest absolute Gasteiger partial charge is 0.309 e. The second kappa shape index (κ2) is 13.0. The summed E-state index contributed by atoms with van der Waals surface area (Å²) < 4.78 is 4.70. The van der Waals surface area contributed by atoms with Crippen molar-refractivity contribution in [3.8, 4) is 33.8 Å². The third-order valence-corrected chi connectivity index (χ3v) is 11.4. The fourth-order valence-electron chi connectivity index (χ4n) is 8.91. The third kappa shape index (κ3) is 5.08. The van der Waals surface area contributed by atoms with Crippen LogP contribution in [-0.2, 0) is 0 Å². The molecule has 0 saturated heterocycles. The van der Waals surface area contributed by atoms with Gasteiger partial charge < -0.3 is 9.13 Å². The highest BCUT2D eigenvalue weighted by atomic mass is 15.0. The molecule has 0 bridgehead atoms. The summed E-state index contributed by atoms with van der Waals surface area (Å²) in [6.07, 6.45) is 8.19. The van der Waals surface area contributed by atoms with Crippen LogP contribution < -0.4 is 0 Å². The second-order valence-corrected chi connectivity index (χ2v) is 14.6. The molecule has 11 aromatic rings. The predicted octanol–water partition coefficient (Wildman–Crippen LogP) is 14.0. The van der Waals surface area contributed by atoms with E-state index in [1.54, 1.807) is 0 Å². The number of aromatic nitrogens is 4. The lowest BCUT2D eigenvalue weighted by molar-refractivity contribution is 1.11. The van der Waals surface area contributed by atoms with Gasteiger partial charge >= 0.3 is 0 Å². The van der Waals surface area contributed by atoms with E-state index in [0.29, 0.717) is 0 Å². The summed E-state index contributed by atoms with van der Waals surface area (Å²) in [5, 5.41) is 8.23. The van der Waals surface area contributed by atoms with Crippen LogP contribution in [0.4, 0.5) is 0 Å². The van der Waals surface area contributed by atoms with E-state index < -0.39 is 0 Å². The molecule has 0 amide bonds. The summed E-state index contributed by atoms with van der Waals surface area (Å²) in [6, 6.07) is 58.6.